The number of fused-ring (bicyclic) bond motifs is 1. The maximum atomic E-state index is 12.6. The van der Waals surface area contributed by atoms with E-state index in [0.29, 0.717) is 12.1 Å². The molecule has 2 heterocycles. The van der Waals surface area contributed by atoms with Crippen LogP contribution in [0.1, 0.15) is 38.7 Å². The van der Waals surface area contributed by atoms with E-state index in [4.69, 9.17) is 0 Å². The molecular formula is C24H25N3O. The SMILES string of the molecule is Cc1ccc(C(=O)NC[C@H](c2cccnc2)N2CCc3ccccc3C2)cc1. The van der Waals surface area contributed by atoms with E-state index in [9.17, 15) is 4.79 Å². The Morgan fingerprint density at radius 3 is 2.61 bits per heavy atom. The summed E-state index contributed by atoms with van der Waals surface area (Å²) >= 11 is 0. The second-order valence-electron chi connectivity index (χ2n) is 7.37. The van der Waals surface area contributed by atoms with Crippen molar-refractivity contribution in [3.05, 3.63) is 101 Å². The first-order valence-electron chi connectivity index (χ1n) is 9.76. The van der Waals surface area contributed by atoms with Crippen LogP contribution >= 0.6 is 0 Å². The zero-order chi connectivity index (χ0) is 19.3. The Hall–Kier alpha value is -2.98. The predicted octanol–water partition coefficient (Wildman–Crippen LogP) is 3.92. The van der Waals surface area contributed by atoms with Gasteiger partial charge in [0.05, 0.1) is 6.04 Å². The third-order valence-corrected chi connectivity index (χ3v) is 5.44. The summed E-state index contributed by atoms with van der Waals surface area (Å²) in [5.74, 6) is -0.0358. The summed E-state index contributed by atoms with van der Waals surface area (Å²) in [6, 6.07) is 20.5. The molecule has 2 aromatic carbocycles. The van der Waals surface area contributed by atoms with Gasteiger partial charge in [-0.2, -0.15) is 0 Å². The molecule has 4 nitrogen and oxygen atoms in total. The van der Waals surface area contributed by atoms with E-state index in [-0.39, 0.29) is 11.9 Å². The van der Waals surface area contributed by atoms with E-state index in [2.05, 4.69) is 45.5 Å². The number of aromatic nitrogens is 1. The maximum absolute atomic E-state index is 12.6. The van der Waals surface area contributed by atoms with Crippen molar-refractivity contribution in [2.75, 3.05) is 13.1 Å². The Kier molecular flexibility index (Phi) is 5.49. The fraction of sp³-hybridized carbons (Fsp3) is 0.250. The smallest absolute Gasteiger partial charge is 0.251 e. The minimum Gasteiger partial charge on any atom is -0.350 e. The summed E-state index contributed by atoms with van der Waals surface area (Å²) in [4.78, 5) is 19.4. The second-order valence-corrected chi connectivity index (χ2v) is 7.37. The summed E-state index contributed by atoms with van der Waals surface area (Å²) in [5, 5.41) is 3.13. The molecule has 0 aliphatic carbocycles. The molecular weight excluding hydrogens is 346 g/mol. The van der Waals surface area contributed by atoms with Crippen molar-refractivity contribution in [2.45, 2.75) is 25.9 Å². The molecule has 1 atom stereocenters. The van der Waals surface area contributed by atoms with E-state index >= 15 is 0 Å². The molecule has 1 N–H and O–H groups in total. The minimum atomic E-state index is -0.0358. The van der Waals surface area contributed by atoms with Gasteiger partial charge in [-0.25, -0.2) is 0 Å². The number of carbonyl (C=O) groups excluding carboxylic acids is 1. The van der Waals surface area contributed by atoms with E-state index < -0.39 is 0 Å². The fourth-order valence-corrected chi connectivity index (χ4v) is 3.81. The maximum Gasteiger partial charge on any atom is 0.251 e. The van der Waals surface area contributed by atoms with Gasteiger partial charge in [-0.05, 0) is 48.2 Å². The molecule has 0 radical (unpaired) electrons. The van der Waals surface area contributed by atoms with Crippen molar-refractivity contribution in [3.63, 3.8) is 0 Å². The minimum absolute atomic E-state index is 0.0358. The van der Waals surface area contributed by atoms with Gasteiger partial charge in [-0.3, -0.25) is 14.7 Å². The molecule has 0 unspecified atom stereocenters. The van der Waals surface area contributed by atoms with Gasteiger partial charge in [-0.15, -0.1) is 0 Å². The number of amides is 1. The average Bonchev–Trinajstić information content (AvgIpc) is 2.75. The number of nitrogens with one attached hydrogen (secondary N) is 1. The van der Waals surface area contributed by atoms with Gasteiger partial charge < -0.3 is 5.32 Å². The number of rotatable bonds is 5. The van der Waals surface area contributed by atoms with Crippen LogP contribution in [0.5, 0.6) is 0 Å². The molecule has 1 aliphatic rings. The largest absolute Gasteiger partial charge is 0.350 e. The van der Waals surface area contributed by atoms with Gasteiger partial charge >= 0.3 is 0 Å². The van der Waals surface area contributed by atoms with Crippen LogP contribution in [-0.4, -0.2) is 28.9 Å². The second kappa shape index (κ2) is 8.36. The molecule has 142 valence electrons. The van der Waals surface area contributed by atoms with Gasteiger partial charge in [0.2, 0.25) is 0 Å². The monoisotopic (exact) mass is 371 g/mol. The van der Waals surface area contributed by atoms with Crippen LogP contribution in [0.2, 0.25) is 0 Å². The van der Waals surface area contributed by atoms with E-state index in [1.807, 2.05) is 43.5 Å². The lowest BCUT2D eigenvalue weighted by Gasteiger charge is -2.36. The molecule has 1 amide bonds. The van der Waals surface area contributed by atoms with Gasteiger partial charge in [-0.1, -0.05) is 48.0 Å². The molecule has 1 aromatic heterocycles. The summed E-state index contributed by atoms with van der Waals surface area (Å²) in [7, 11) is 0. The lowest BCUT2D eigenvalue weighted by atomic mass is 9.97. The molecule has 28 heavy (non-hydrogen) atoms. The summed E-state index contributed by atoms with van der Waals surface area (Å²) in [6.45, 7) is 4.43. The summed E-state index contributed by atoms with van der Waals surface area (Å²) in [6.07, 6.45) is 4.72. The number of hydrogen-bond donors (Lipinski definition) is 1. The Morgan fingerprint density at radius 1 is 1.07 bits per heavy atom. The number of pyridine rings is 1. The lowest BCUT2D eigenvalue weighted by Crippen LogP contribution is -2.40. The first-order chi connectivity index (χ1) is 13.7. The molecule has 0 fully saturated rings. The van der Waals surface area contributed by atoms with E-state index in [1.165, 1.54) is 11.1 Å². The molecule has 0 spiro atoms. The van der Waals surface area contributed by atoms with Crippen LogP contribution in [0.15, 0.2) is 73.1 Å². The molecule has 4 rings (SSSR count). The highest BCUT2D eigenvalue weighted by molar-refractivity contribution is 5.94. The van der Waals surface area contributed by atoms with Crippen LogP contribution in [0, 0.1) is 6.92 Å². The number of nitrogens with zero attached hydrogens (tertiary/aromatic N) is 2. The standard InChI is InChI=1S/C24H25N3O/c1-18-8-10-20(11-9-18)24(28)26-16-23(21-7-4-13-25-15-21)27-14-12-19-5-2-3-6-22(19)17-27/h2-11,13,15,23H,12,14,16-17H2,1H3,(H,26,28)/t23-/m1/s1. The molecule has 3 aromatic rings. The molecule has 4 heteroatoms. The lowest BCUT2D eigenvalue weighted by molar-refractivity contribution is 0.0927. The highest BCUT2D eigenvalue weighted by Gasteiger charge is 2.25. The normalized spacial score (nSPS) is 14.9. The number of hydrogen-bond acceptors (Lipinski definition) is 3. The van der Waals surface area contributed by atoms with Crippen molar-refractivity contribution in [1.29, 1.82) is 0 Å². The first-order valence-corrected chi connectivity index (χ1v) is 9.76. The van der Waals surface area contributed by atoms with Crippen molar-refractivity contribution < 1.29 is 4.79 Å². The van der Waals surface area contributed by atoms with Gasteiger partial charge in [0, 0.05) is 37.6 Å². The molecule has 0 saturated heterocycles. The third kappa shape index (κ3) is 4.12. The van der Waals surface area contributed by atoms with Crippen molar-refractivity contribution in [2.24, 2.45) is 0 Å². The van der Waals surface area contributed by atoms with E-state index in [0.717, 1.165) is 30.6 Å². The Bertz CT molecular complexity index is 938. The Morgan fingerprint density at radius 2 is 1.86 bits per heavy atom. The third-order valence-electron chi connectivity index (χ3n) is 5.44. The van der Waals surface area contributed by atoms with Gasteiger partial charge in [0.15, 0.2) is 0 Å². The predicted molar refractivity (Wildman–Crippen MR) is 111 cm³/mol. The zero-order valence-corrected chi connectivity index (χ0v) is 16.1. The van der Waals surface area contributed by atoms with Crippen molar-refractivity contribution in [3.8, 4) is 0 Å². The zero-order valence-electron chi connectivity index (χ0n) is 16.1. The molecule has 1 aliphatic heterocycles. The summed E-state index contributed by atoms with van der Waals surface area (Å²) in [5.41, 5.74) is 5.77. The van der Waals surface area contributed by atoms with Crippen molar-refractivity contribution >= 4 is 5.91 Å². The Balaban J connectivity index is 1.52. The van der Waals surface area contributed by atoms with Crippen LogP contribution in [0.4, 0.5) is 0 Å². The van der Waals surface area contributed by atoms with Crippen molar-refractivity contribution in [1.82, 2.24) is 15.2 Å². The Labute approximate surface area is 166 Å². The van der Waals surface area contributed by atoms with Gasteiger partial charge in [0.1, 0.15) is 0 Å². The molecule has 0 bridgehead atoms. The average molecular weight is 371 g/mol. The molecule has 0 saturated carbocycles. The van der Waals surface area contributed by atoms with Crippen LogP contribution in [0.25, 0.3) is 0 Å². The fourth-order valence-electron chi connectivity index (χ4n) is 3.81. The van der Waals surface area contributed by atoms with Crippen LogP contribution in [0.3, 0.4) is 0 Å². The van der Waals surface area contributed by atoms with E-state index in [1.54, 1.807) is 6.20 Å². The first kappa shape index (κ1) is 18.4. The quantitative estimate of drug-likeness (QED) is 0.739. The topological polar surface area (TPSA) is 45.2 Å². The van der Waals surface area contributed by atoms with Crippen LogP contribution < -0.4 is 5.32 Å². The number of aryl methyl sites for hydroxylation is 1. The number of carbonyl (C=O) groups is 1. The summed E-state index contributed by atoms with van der Waals surface area (Å²) < 4.78 is 0. The van der Waals surface area contributed by atoms with Gasteiger partial charge in [0.25, 0.3) is 5.91 Å². The van der Waals surface area contributed by atoms with Crippen LogP contribution in [-0.2, 0) is 13.0 Å². The number of benzene rings is 2. The highest BCUT2D eigenvalue weighted by Crippen LogP contribution is 2.27. The highest BCUT2D eigenvalue weighted by atomic mass is 16.1.